The highest BCUT2D eigenvalue weighted by atomic mass is 19.1. The number of nitro benzene ring substituents is 1. The van der Waals surface area contributed by atoms with Crippen LogP contribution in [0.4, 0.5) is 10.1 Å². The molecule has 0 radical (unpaired) electrons. The average molecular weight is 240 g/mol. The molecule has 0 atom stereocenters. The first kappa shape index (κ1) is 11.9. The molecular weight excluding hydrogens is 227 g/mol. The molecular formula is C11H13FN2O3. The Hall–Kier alpha value is -1.53. The predicted molar refractivity (Wildman–Crippen MR) is 59.4 cm³/mol. The minimum absolute atomic E-state index is 0.112. The lowest BCUT2D eigenvalue weighted by Crippen LogP contribution is -2.62. The molecule has 0 bridgehead atoms. The maximum atomic E-state index is 13.7. The largest absolute Gasteiger partial charge is 0.375 e. The number of halogens is 1. The average Bonchev–Trinajstić information content (AvgIpc) is 2.25. The van der Waals surface area contributed by atoms with Gasteiger partial charge >= 0.3 is 0 Å². The van der Waals surface area contributed by atoms with Crippen LogP contribution in [-0.4, -0.2) is 30.7 Å². The maximum Gasteiger partial charge on any atom is 0.275 e. The Morgan fingerprint density at radius 3 is 2.76 bits per heavy atom. The molecule has 0 amide bonds. The highest BCUT2D eigenvalue weighted by molar-refractivity contribution is 5.42. The Morgan fingerprint density at radius 1 is 1.59 bits per heavy atom. The first-order chi connectivity index (χ1) is 8.08. The number of nitrogens with zero attached hydrogens (tertiary/aromatic N) is 1. The highest BCUT2D eigenvalue weighted by Gasteiger charge is 2.39. The fourth-order valence-electron chi connectivity index (χ4n) is 1.96. The van der Waals surface area contributed by atoms with E-state index in [0.717, 1.165) is 0 Å². The van der Waals surface area contributed by atoms with Crippen molar-refractivity contribution in [2.45, 2.75) is 12.0 Å². The number of nitrogens with one attached hydrogen (secondary N) is 1. The SMILES string of the molecule is COC1(Cc2c(F)cccc2[N+](=O)[O-])CNC1. The normalized spacial score (nSPS) is 17.5. The van der Waals surface area contributed by atoms with Crippen molar-refractivity contribution in [3.8, 4) is 0 Å². The van der Waals surface area contributed by atoms with Gasteiger partial charge < -0.3 is 10.1 Å². The minimum atomic E-state index is -0.562. The molecule has 6 heteroatoms. The molecule has 92 valence electrons. The fourth-order valence-corrected chi connectivity index (χ4v) is 1.96. The van der Waals surface area contributed by atoms with Gasteiger partial charge in [-0.25, -0.2) is 4.39 Å². The summed E-state index contributed by atoms with van der Waals surface area (Å²) in [5, 5.41) is 13.9. The lowest BCUT2D eigenvalue weighted by molar-refractivity contribution is -0.386. The van der Waals surface area contributed by atoms with E-state index in [1.54, 1.807) is 0 Å². The lowest BCUT2D eigenvalue weighted by atomic mass is 9.88. The Labute approximate surface area is 97.7 Å². The molecule has 1 aliphatic rings. The van der Waals surface area contributed by atoms with E-state index < -0.39 is 16.3 Å². The summed E-state index contributed by atoms with van der Waals surface area (Å²) in [7, 11) is 1.54. The molecule has 1 aromatic rings. The van der Waals surface area contributed by atoms with Crippen LogP contribution in [0.1, 0.15) is 5.56 Å². The summed E-state index contributed by atoms with van der Waals surface area (Å²) in [4.78, 5) is 10.3. The minimum Gasteiger partial charge on any atom is -0.375 e. The maximum absolute atomic E-state index is 13.7. The van der Waals surface area contributed by atoms with Gasteiger partial charge in [0.1, 0.15) is 5.82 Å². The van der Waals surface area contributed by atoms with E-state index in [1.807, 2.05) is 0 Å². The zero-order valence-corrected chi connectivity index (χ0v) is 9.40. The van der Waals surface area contributed by atoms with Gasteiger partial charge in [-0.1, -0.05) is 6.07 Å². The van der Waals surface area contributed by atoms with Gasteiger partial charge in [0.15, 0.2) is 0 Å². The molecule has 1 fully saturated rings. The van der Waals surface area contributed by atoms with Crippen molar-refractivity contribution >= 4 is 5.69 Å². The van der Waals surface area contributed by atoms with Crippen molar-refractivity contribution in [2.75, 3.05) is 20.2 Å². The summed E-state index contributed by atoms with van der Waals surface area (Å²) in [6.45, 7) is 1.16. The Balaban J connectivity index is 2.34. The third kappa shape index (κ3) is 2.13. The van der Waals surface area contributed by atoms with Gasteiger partial charge in [0.2, 0.25) is 0 Å². The first-order valence-corrected chi connectivity index (χ1v) is 5.26. The van der Waals surface area contributed by atoms with Crippen molar-refractivity contribution in [2.24, 2.45) is 0 Å². The van der Waals surface area contributed by atoms with Crippen LogP contribution in [0.2, 0.25) is 0 Å². The van der Waals surface area contributed by atoms with Crippen LogP contribution in [-0.2, 0) is 11.2 Å². The summed E-state index contributed by atoms with van der Waals surface area (Å²) >= 11 is 0. The van der Waals surface area contributed by atoms with Crippen LogP contribution in [0.5, 0.6) is 0 Å². The zero-order chi connectivity index (χ0) is 12.5. The third-order valence-corrected chi connectivity index (χ3v) is 3.12. The van der Waals surface area contributed by atoms with Crippen LogP contribution in [0.15, 0.2) is 18.2 Å². The molecule has 0 unspecified atom stereocenters. The zero-order valence-electron chi connectivity index (χ0n) is 9.40. The van der Waals surface area contributed by atoms with E-state index in [9.17, 15) is 14.5 Å². The summed E-state index contributed by atoms with van der Waals surface area (Å²) in [5.41, 5.74) is -0.596. The van der Waals surface area contributed by atoms with Crippen molar-refractivity contribution in [1.29, 1.82) is 0 Å². The van der Waals surface area contributed by atoms with E-state index in [1.165, 1.54) is 25.3 Å². The highest BCUT2D eigenvalue weighted by Crippen LogP contribution is 2.29. The standard InChI is InChI=1S/C11H13FN2O3/c1-17-11(6-13-7-11)5-8-9(12)3-2-4-10(8)14(15)16/h2-4,13H,5-7H2,1H3. The molecule has 1 heterocycles. The van der Waals surface area contributed by atoms with Crippen LogP contribution in [0.25, 0.3) is 0 Å². The van der Waals surface area contributed by atoms with Crippen molar-refractivity contribution < 1.29 is 14.1 Å². The number of rotatable bonds is 4. The topological polar surface area (TPSA) is 64.4 Å². The van der Waals surface area contributed by atoms with E-state index >= 15 is 0 Å². The van der Waals surface area contributed by atoms with Gasteiger partial charge in [0.25, 0.3) is 5.69 Å². The number of methoxy groups -OCH3 is 1. The fraction of sp³-hybridized carbons (Fsp3) is 0.455. The second-order valence-corrected chi connectivity index (χ2v) is 4.16. The number of ether oxygens (including phenoxy) is 1. The third-order valence-electron chi connectivity index (χ3n) is 3.12. The predicted octanol–water partition coefficient (Wildman–Crippen LogP) is 1.26. The van der Waals surface area contributed by atoms with Crippen molar-refractivity contribution in [3.05, 3.63) is 39.7 Å². The number of hydrogen-bond donors (Lipinski definition) is 1. The van der Waals surface area contributed by atoms with Crippen LogP contribution < -0.4 is 5.32 Å². The van der Waals surface area contributed by atoms with Gasteiger partial charge in [0, 0.05) is 32.7 Å². The van der Waals surface area contributed by atoms with Gasteiger partial charge in [-0.2, -0.15) is 0 Å². The molecule has 2 rings (SSSR count). The van der Waals surface area contributed by atoms with Gasteiger partial charge in [-0.05, 0) is 6.07 Å². The number of benzene rings is 1. The second kappa shape index (κ2) is 4.38. The summed E-state index contributed by atoms with van der Waals surface area (Å²) in [5.74, 6) is -0.553. The number of nitro groups is 1. The molecule has 5 nitrogen and oxygen atoms in total. The molecule has 1 aromatic carbocycles. The lowest BCUT2D eigenvalue weighted by Gasteiger charge is -2.41. The monoisotopic (exact) mass is 240 g/mol. The van der Waals surface area contributed by atoms with Gasteiger partial charge in [-0.3, -0.25) is 10.1 Å². The Morgan fingerprint density at radius 2 is 2.29 bits per heavy atom. The summed E-state index contributed by atoms with van der Waals surface area (Å²) in [6, 6.07) is 3.89. The Bertz CT molecular complexity index is 441. The molecule has 0 aromatic heterocycles. The van der Waals surface area contributed by atoms with Gasteiger partial charge in [-0.15, -0.1) is 0 Å². The van der Waals surface area contributed by atoms with E-state index in [4.69, 9.17) is 4.74 Å². The molecule has 17 heavy (non-hydrogen) atoms. The van der Waals surface area contributed by atoms with Crippen LogP contribution in [0, 0.1) is 15.9 Å². The van der Waals surface area contributed by atoms with E-state index in [2.05, 4.69) is 5.32 Å². The van der Waals surface area contributed by atoms with Crippen LogP contribution >= 0.6 is 0 Å². The Kier molecular flexibility index (Phi) is 3.08. The van der Waals surface area contributed by atoms with Gasteiger partial charge in [0.05, 0.1) is 16.1 Å². The smallest absolute Gasteiger partial charge is 0.275 e. The quantitative estimate of drug-likeness (QED) is 0.635. The molecule has 0 spiro atoms. The summed E-state index contributed by atoms with van der Waals surface area (Å²) in [6.07, 6.45) is 0.208. The number of hydrogen-bond acceptors (Lipinski definition) is 4. The molecule has 0 saturated carbocycles. The summed E-state index contributed by atoms with van der Waals surface area (Å²) < 4.78 is 19.0. The van der Waals surface area contributed by atoms with Crippen molar-refractivity contribution in [1.82, 2.24) is 5.32 Å². The van der Waals surface area contributed by atoms with E-state index in [-0.39, 0.29) is 17.7 Å². The second-order valence-electron chi connectivity index (χ2n) is 4.16. The molecule has 0 aliphatic carbocycles. The van der Waals surface area contributed by atoms with E-state index in [0.29, 0.717) is 13.1 Å². The molecule has 1 saturated heterocycles. The van der Waals surface area contributed by atoms with Crippen molar-refractivity contribution in [3.63, 3.8) is 0 Å². The van der Waals surface area contributed by atoms with Crippen LogP contribution in [0.3, 0.4) is 0 Å². The molecule has 1 aliphatic heterocycles. The first-order valence-electron chi connectivity index (χ1n) is 5.26. The molecule has 1 N–H and O–H groups in total.